The van der Waals surface area contributed by atoms with Crippen LogP contribution in [0.1, 0.15) is 38.7 Å². The molecular formula is C15H16N2O3. The highest BCUT2D eigenvalue weighted by Gasteiger charge is 2.41. The average Bonchev–Trinajstić information content (AvgIpc) is 2.34. The summed E-state index contributed by atoms with van der Waals surface area (Å²) in [4.78, 5) is 26.5. The molecule has 0 aromatic heterocycles. The molecule has 0 unspecified atom stereocenters. The van der Waals surface area contributed by atoms with Gasteiger partial charge in [0.1, 0.15) is 5.75 Å². The number of fused-ring (bicyclic) bond motifs is 1. The van der Waals surface area contributed by atoms with Crippen molar-refractivity contribution in [3.63, 3.8) is 0 Å². The third-order valence-electron chi connectivity index (χ3n) is 4.12. The van der Waals surface area contributed by atoms with Crippen molar-refractivity contribution in [1.82, 2.24) is 0 Å². The molecule has 1 aliphatic carbocycles. The summed E-state index contributed by atoms with van der Waals surface area (Å²) in [5.74, 6) is 0.464. The molecule has 1 saturated carbocycles. The molecule has 0 spiro atoms. The Morgan fingerprint density at radius 2 is 2.10 bits per heavy atom. The van der Waals surface area contributed by atoms with E-state index >= 15 is 0 Å². The summed E-state index contributed by atoms with van der Waals surface area (Å²) >= 11 is 0. The number of carbonyl (C=O) groups is 1. The van der Waals surface area contributed by atoms with Crippen LogP contribution >= 0.6 is 0 Å². The lowest BCUT2D eigenvalue weighted by molar-refractivity contribution is -0.129. The molecular weight excluding hydrogens is 256 g/mol. The van der Waals surface area contributed by atoms with Crippen LogP contribution in [-0.4, -0.2) is 17.6 Å². The smallest absolute Gasteiger partial charge is 0.268 e. The molecule has 1 aromatic carbocycles. The molecule has 5 heteroatoms. The van der Waals surface area contributed by atoms with E-state index in [9.17, 15) is 9.59 Å². The van der Waals surface area contributed by atoms with E-state index in [0.29, 0.717) is 11.4 Å². The van der Waals surface area contributed by atoms with Crippen molar-refractivity contribution < 1.29 is 14.3 Å². The first-order valence-corrected chi connectivity index (χ1v) is 6.71. The molecule has 104 valence electrons. The van der Waals surface area contributed by atoms with Crippen molar-refractivity contribution in [1.29, 1.82) is 0 Å². The number of hydrogen-bond donors (Lipinski definition) is 1. The van der Waals surface area contributed by atoms with Crippen molar-refractivity contribution in [2.75, 3.05) is 5.32 Å². The van der Waals surface area contributed by atoms with Crippen molar-refractivity contribution in [3.05, 3.63) is 23.8 Å². The second-order valence-corrected chi connectivity index (χ2v) is 5.87. The molecule has 0 atom stereocenters. The quantitative estimate of drug-likeness (QED) is 0.664. The molecule has 1 amide bonds. The van der Waals surface area contributed by atoms with Gasteiger partial charge < -0.3 is 10.1 Å². The minimum Gasteiger partial charge on any atom is -0.476 e. The van der Waals surface area contributed by atoms with Crippen LogP contribution in [-0.2, 0) is 15.1 Å². The number of nitrogens with one attached hydrogen (secondary N) is 1. The van der Waals surface area contributed by atoms with Crippen molar-refractivity contribution in [2.45, 2.75) is 44.2 Å². The van der Waals surface area contributed by atoms with Gasteiger partial charge in [-0.3, -0.25) is 4.79 Å². The number of carbonyl (C=O) groups excluding carboxylic acids is 2. The number of benzene rings is 1. The lowest BCUT2D eigenvalue weighted by Crippen LogP contribution is -2.45. The van der Waals surface area contributed by atoms with E-state index in [4.69, 9.17) is 4.74 Å². The molecule has 1 N–H and O–H groups in total. The first-order chi connectivity index (χ1) is 9.47. The van der Waals surface area contributed by atoms with Crippen molar-refractivity contribution in [2.24, 2.45) is 4.99 Å². The fourth-order valence-corrected chi connectivity index (χ4v) is 2.66. The fourth-order valence-electron chi connectivity index (χ4n) is 2.66. The number of rotatable bonds is 2. The van der Waals surface area contributed by atoms with E-state index in [1.807, 2.05) is 18.2 Å². The third-order valence-corrected chi connectivity index (χ3v) is 4.12. The largest absolute Gasteiger partial charge is 0.476 e. The summed E-state index contributed by atoms with van der Waals surface area (Å²) in [6.45, 7) is 3.45. The number of nitrogens with zero attached hydrogens (tertiary/aromatic N) is 1. The lowest BCUT2D eigenvalue weighted by atomic mass is 9.72. The van der Waals surface area contributed by atoms with Gasteiger partial charge in [0.05, 0.1) is 11.2 Å². The zero-order valence-corrected chi connectivity index (χ0v) is 11.5. The molecule has 0 bridgehead atoms. The first kappa shape index (κ1) is 12.9. The average molecular weight is 272 g/mol. The highest BCUT2D eigenvalue weighted by molar-refractivity contribution is 6.00. The number of anilines is 1. The number of ether oxygens (including phenoxy) is 1. The Morgan fingerprint density at radius 3 is 2.70 bits per heavy atom. The Balaban J connectivity index is 2.01. The normalized spacial score (nSPS) is 21.6. The molecule has 1 aliphatic heterocycles. The zero-order chi connectivity index (χ0) is 14.4. The monoisotopic (exact) mass is 272 g/mol. The molecule has 2 aliphatic rings. The number of hydrogen-bond acceptors (Lipinski definition) is 4. The van der Waals surface area contributed by atoms with E-state index < -0.39 is 11.1 Å². The van der Waals surface area contributed by atoms with Gasteiger partial charge in [-0.1, -0.05) is 6.07 Å². The van der Waals surface area contributed by atoms with Crippen LogP contribution < -0.4 is 10.1 Å². The summed E-state index contributed by atoms with van der Waals surface area (Å²) in [6.07, 6.45) is 4.38. The topological polar surface area (TPSA) is 67.8 Å². The second kappa shape index (κ2) is 4.18. The minimum absolute atomic E-state index is 0.177. The SMILES string of the molecule is CC1(C)Oc2ccc(C3(N=C=O)CCC3)cc2NC1=O. The predicted octanol–water partition coefficient (Wildman–Crippen LogP) is 2.51. The van der Waals surface area contributed by atoms with E-state index in [1.54, 1.807) is 19.9 Å². The molecule has 3 rings (SSSR count). The third kappa shape index (κ3) is 1.82. The van der Waals surface area contributed by atoms with Crippen LogP contribution in [0.25, 0.3) is 0 Å². The van der Waals surface area contributed by atoms with Gasteiger partial charge in [-0.15, -0.1) is 0 Å². The zero-order valence-electron chi connectivity index (χ0n) is 11.5. The highest BCUT2D eigenvalue weighted by atomic mass is 16.5. The van der Waals surface area contributed by atoms with Crippen LogP contribution in [0.3, 0.4) is 0 Å². The summed E-state index contributed by atoms with van der Waals surface area (Å²) in [5, 5.41) is 2.85. The molecule has 1 aromatic rings. The Bertz CT molecular complexity index is 626. The summed E-state index contributed by atoms with van der Waals surface area (Å²) < 4.78 is 5.69. The lowest BCUT2D eigenvalue weighted by Gasteiger charge is -2.38. The molecule has 1 heterocycles. The Hall–Kier alpha value is -2.13. The summed E-state index contributed by atoms with van der Waals surface area (Å²) in [7, 11) is 0. The molecule has 0 radical (unpaired) electrons. The van der Waals surface area contributed by atoms with Gasteiger partial charge >= 0.3 is 0 Å². The molecule has 1 fully saturated rings. The van der Waals surface area contributed by atoms with Crippen molar-refractivity contribution in [3.8, 4) is 5.75 Å². The second-order valence-electron chi connectivity index (χ2n) is 5.87. The maximum Gasteiger partial charge on any atom is 0.268 e. The maximum atomic E-state index is 11.9. The Kier molecular flexibility index (Phi) is 2.69. The summed E-state index contributed by atoms with van der Waals surface area (Å²) in [5.41, 5.74) is 0.228. The number of aliphatic imine (C=N–C) groups is 1. The van der Waals surface area contributed by atoms with Crippen LogP contribution in [0.4, 0.5) is 5.69 Å². The number of amides is 1. The number of isocyanates is 1. The molecule has 20 heavy (non-hydrogen) atoms. The first-order valence-electron chi connectivity index (χ1n) is 6.71. The van der Waals surface area contributed by atoms with E-state index in [-0.39, 0.29) is 5.91 Å². The van der Waals surface area contributed by atoms with Gasteiger partial charge in [0, 0.05) is 0 Å². The summed E-state index contributed by atoms with van der Waals surface area (Å²) in [6, 6.07) is 5.58. The molecule has 0 saturated heterocycles. The Morgan fingerprint density at radius 1 is 1.35 bits per heavy atom. The van der Waals surface area contributed by atoms with E-state index in [0.717, 1.165) is 24.8 Å². The van der Waals surface area contributed by atoms with Gasteiger partial charge in [-0.25, -0.2) is 4.79 Å². The van der Waals surface area contributed by atoms with Gasteiger partial charge in [-0.2, -0.15) is 4.99 Å². The van der Waals surface area contributed by atoms with Gasteiger partial charge in [0.2, 0.25) is 6.08 Å². The Labute approximate surface area is 117 Å². The fraction of sp³-hybridized carbons (Fsp3) is 0.467. The van der Waals surface area contributed by atoms with Crippen molar-refractivity contribution >= 4 is 17.7 Å². The maximum absolute atomic E-state index is 11.9. The highest BCUT2D eigenvalue weighted by Crippen LogP contribution is 2.47. The van der Waals surface area contributed by atoms with Crippen LogP contribution in [0.15, 0.2) is 23.2 Å². The predicted molar refractivity (Wildman–Crippen MR) is 73.4 cm³/mol. The van der Waals surface area contributed by atoms with E-state index in [1.165, 1.54) is 0 Å². The molecule has 5 nitrogen and oxygen atoms in total. The van der Waals surface area contributed by atoms with E-state index in [2.05, 4.69) is 10.3 Å². The van der Waals surface area contributed by atoms with Crippen LogP contribution in [0.2, 0.25) is 0 Å². The van der Waals surface area contributed by atoms with Gasteiger partial charge in [0.15, 0.2) is 5.60 Å². The van der Waals surface area contributed by atoms with Crippen LogP contribution in [0.5, 0.6) is 5.75 Å². The van der Waals surface area contributed by atoms with Gasteiger partial charge in [-0.05, 0) is 50.8 Å². The standard InChI is InChI=1S/C15H16N2O3/c1-14(2)13(19)17-11-8-10(4-5-12(11)20-14)15(16-9-18)6-3-7-15/h4-5,8H,3,6-7H2,1-2H3,(H,17,19). The van der Waals surface area contributed by atoms with Gasteiger partial charge in [0.25, 0.3) is 5.91 Å². The van der Waals surface area contributed by atoms with Crippen LogP contribution in [0, 0.1) is 0 Å². The minimum atomic E-state index is -0.871.